The molecule has 0 heterocycles. The number of ether oxygens (including phenoxy) is 1. The standard InChI is InChI=1S/C17H25Cl2NO/c1-3-11-20-16(17(21-2)9-4-5-10-17)12-13-14(18)7-6-8-15(13)19/h6-8,16,20H,3-5,9-12H2,1-2H3. The molecule has 1 saturated carbocycles. The highest BCUT2D eigenvalue weighted by molar-refractivity contribution is 6.36. The van der Waals surface area contributed by atoms with E-state index in [-0.39, 0.29) is 11.6 Å². The molecule has 118 valence electrons. The molecule has 1 N–H and O–H groups in total. The number of methoxy groups -OCH3 is 1. The highest BCUT2D eigenvalue weighted by atomic mass is 35.5. The fourth-order valence-electron chi connectivity index (χ4n) is 3.36. The van der Waals surface area contributed by atoms with Gasteiger partial charge in [0.15, 0.2) is 0 Å². The second-order valence-electron chi connectivity index (χ2n) is 5.89. The molecular weight excluding hydrogens is 305 g/mol. The van der Waals surface area contributed by atoms with Crippen LogP contribution in [-0.4, -0.2) is 25.3 Å². The fourth-order valence-corrected chi connectivity index (χ4v) is 3.91. The maximum Gasteiger partial charge on any atom is 0.0834 e. The number of nitrogens with one attached hydrogen (secondary N) is 1. The van der Waals surface area contributed by atoms with Crippen molar-refractivity contribution in [1.29, 1.82) is 0 Å². The Morgan fingerprint density at radius 3 is 2.38 bits per heavy atom. The van der Waals surface area contributed by atoms with E-state index in [1.807, 2.05) is 25.3 Å². The summed E-state index contributed by atoms with van der Waals surface area (Å²) in [5.41, 5.74) is 0.940. The van der Waals surface area contributed by atoms with Gasteiger partial charge in [-0.3, -0.25) is 0 Å². The molecule has 1 unspecified atom stereocenters. The van der Waals surface area contributed by atoms with Gasteiger partial charge in [-0.1, -0.05) is 49.0 Å². The van der Waals surface area contributed by atoms with Gasteiger partial charge in [0.05, 0.1) is 5.60 Å². The van der Waals surface area contributed by atoms with Crippen molar-refractivity contribution < 1.29 is 4.74 Å². The number of halogens is 2. The molecule has 0 aromatic heterocycles. The second-order valence-corrected chi connectivity index (χ2v) is 6.70. The van der Waals surface area contributed by atoms with Gasteiger partial charge in [-0.25, -0.2) is 0 Å². The van der Waals surface area contributed by atoms with E-state index in [4.69, 9.17) is 27.9 Å². The zero-order valence-corrected chi connectivity index (χ0v) is 14.4. The fraction of sp³-hybridized carbons (Fsp3) is 0.647. The maximum absolute atomic E-state index is 6.35. The van der Waals surface area contributed by atoms with Crippen molar-refractivity contribution in [2.75, 3.05) is 13.7 Å². The molecule has 0 aliphatic heterocycles. The largest absolute Gasteiger partial charge is 0.377 e. The molecule has 0 radical (unpaired) electrons. The van der Waals surface area contributed by atoms with E-state index in [9.17, 15) is 0 Å². The van der Waals surface area contributed by atoms with Gasteiger partial charge in [0.1, 0.15) is 0 Å². The summed E-state index contributed by atoms with van der Waals surface area (Å²) in [6.45, 7) is 3.17. The van der Waals surface area contributed by atoms with Gasteiger partial charge in [-0.2, -0.15) is 0 Å². The summed E-state index contributed by atoms with van der Waals surface area (Å²) in [4.78, 5) is 0. The summed E-state index contributed by atoms with van der Waals surface area (Å²) in [5, 5.41) is 5.15. The highest BCUT2D eigenvalue weighted by Crippen LogP contribution is 2.38. The minimum atomic E-state index is -0.0856. The van der Waals surface area contributed by atoms with Gasteiger partial charge in [-0.05, 0) is 49.9 Å². The van der Waals surface area contributed by atoms with E-state index in [0.717, 1.165) is 47.8 Å². The first-order valence-corrected chi connectivity index (χ1v) is 8.60. The predicted molar refractivity (Wildman–Crippen MR) is 90.5 cm³/mol. The van der Waals surface area contributed by atoms with Crippen molar-refractivity contribution in [2.45, 2.75) is 57.1 Å². The van der Waals surface area contributed by atoms with Crippen molar-refractivity contribution in [3.05, 3.63) is 33.8 Å². The lowest BCUT2D eigenvalue weighted by Crippen LogP contribution is -2.52. The lowest BCUT2D eigenvalue weighted by Gasteiger charge is -2.37. The number of benzene rings is 1. The van der Waals surface area contributed by atoms with Crippen LogP contribution in [0.2, 0.25) is 10.0 Å². The van der Waals surface area contributed by atoms with E-state index >= 15 is 0 Å². The molecule has 2 nitrogen and oxygen atoms in total. The van der Waals surface area contributed by atoms with Crippen LogP contribution in [0.3, 0.4) is 0 Å². The molecule has 1 aliphatic rings. The van der Waals surface area contributed by atoms with Gasteiger partial charge in [0, 0.05) is 23.2 Å². The van der Waals surface area contributed by atoms with Crippen molar-refractivity contribution in [3.8, 4) is 0 Å². The molecule has 4 heteroatoms. The highest BCUT2D eigenvalue weighted by Gasteiger charge is 2.41. The summed E-state index contributed by atoms with van der Waals surface area (Å²) in [6.07, 6.45) is 6.58. The molecule has 1 atom stereocenters. The van der Waals surface area contributed by atoms with Crippen molar-refractivity contribution in [3.63, 3.8) is 0 Å². The molecule has 21 heavy (non-hydrogen) atoms. The number of rotatable bonds is 7. The third-order valence-corrected chi connectivity index (χ3v) is 5.31. The first kappa shape index (κ1) is 17.1. The summed E-state index contributed by atoms with van der Waals surface area (Å²) in [7, 11) is 1.83. The Hall–Kier alpha value is -0.280. The molecule has 0 bridgehead atoms. The minimum Gasteiger partial charge on any atom is -0.377 e. The molecule has 1 fully saturated rings. The van der Waals surface area contributed by atoms with Gasteiger partial charge in [-0.15, -0.1) is 0 Å². The zero-order valence-electron chi connectivity index (χ0n) is 12.9. The van der Waals surface area contributed by atoms with Crippen molar-refractivity contribution in [1.82, 2.24) is 5.32 Å². The van der Waals surface area contributed by atoms with Crippen LogP contribution in [0, 0.1) is 0 Å². The average Bonchev–Trinajstić information content (AvgIpc) is 2.96. The van der Waals surface area contributed by atoms with Crippen molar-refractivity contribution >= 4 is 23.2 Å². The van der Waals surface area contributed by atoms with Crippen molar-refractivity contribution in [2.24, 2.45) is 0 Å². The summed E-state index contributed by atoms with van der Waals surface area (Å²) in [5.74, 6) is 0. The van der Waals surface area contributed by atoms with Crippen LogP contribution in [0.1, 0.15) is 44.6 Å². The summed E-state index contributed by atoms with van der Waals surface area (Å²) < 4.78 is 5.96. The van der Waals surface area contributed by atoms with Crippen LogP contribution in [0.5, 0.6) is 0 Å². The minimum absolute atomic E-state index is 0.0856. The summed E-state index contributed by atoms with van der Waals surface area (Å²) >= 11 is 12.7. The van der Waals surface area contributed by atoms with E-state index < -0.39 is 0 Å². The molecule has 1 aromatic rings. The number of hydrogen-bond donors (Lipinski definition) is 1. The normalized spacial score (nSPS) is 18.9. The van der Waals surface area contributed by atoms with Crippen LogP contribution in [0.25, 0.3) is 0 Å². The Bertz CT molecular complexity index is 438. The Labute approximate surface area is 138 Å². The maximum atomic E-state index is 6.35. The average molecular weight is 330 g/mol. The van der Waals surface area contributed by atoms with E-state index in [1.165, 1.54) is 12.8 Å². The van der Waals surface area contributed by atoms with E-state index in [1.54, 1.807) is 0 Å². The smallest absolute Gasteiger partial charge is 0.0834 e. The van der Waals surface area contributed by atoms with Crippen LogP contribution in [0.15, 0.2) is 18.2 Å². The predicted octanol–water partition coefficient (Wildman–Crippen LogP) is 4.86. The van der Waals surface area contributed by atoms with Crippen LogP contribution in [-0.2, 0) is 11.2 Å². The molecule has 2 rings (SSSR count). The monoisotopic (exact) mass is 329 g/mol. The first-order chi connectivity index (χ1) is 10.1. The molecule has 1 aromatic carbocycles. The Kier molecular flexibility index (Phi) is 6.36. The number of hydrogen-bond acceptors (Lipinski definition) is 2. The molecule has 0 saturated heterocycles. The lowest BCUT2D eigenvalue weighted by molar-refractivity contribution is -0.0354. The molecule has 1 aliphatic carbocycles. The van der Waals surface area contributed by atoms with Gasteiger partial charge >= 0.3 is 0 Å². The third-order valence-electron chi connectivity index (χ3n) is 4.60. The lowest BCUT2D eigenvalue weighted by atomic mass is 9.87. The van der Waals surface area contributed by atoms with Gasteiger partial charge in [0.2, 0.25) is 0 Å². The van der Waals surface area contributed by atoms with Gasteiger partial charge in [0.25, 0.3) is 0 Å². The second kappa shape index (κ2) is 7.82. The zero-order chi connectivity index (χ0) is 15.3. The summed E-state index contributed by atoms with van der Waals surface area (Å²) in [6, 6.07) is 5.97. The molecular formula is C17H25Cl2NO. The first-order valence-electron chi connectivity index (χ1n) is 7.84. The third kappa shape index (κ3) is 3.92. The Balaban J connectivity index is 2.24. The quantitative estimate of drug-likeness (QED) is 0.771. The Morgan fingerprint density at radius 1 is 1.24 bits per heavy atom. The van der Waals surface area contributed by atoms with Crippen LogP contribution in [0.4, 0.5) is 0 Å². The van der Waals surface area contributed by atoms with E-state index in [0.29, 0.717) is 0 Å². The van der Waals surface area contributed by atoms with Crippen LogP contribution < -0.4 is 5.32 Å². The SMILES string of the molecule is CCCNC(Cc1c(Cl)cccc1Cl)C1(OC)CCCC1. The topological polar surface area (TPSA) is 21.3 Å². The Morgan fingerprint density at radius 2 is 1.86 bits per heavy atom. The van der Waals surface area contributed by atoms with Crippen LogP contribution >= 0.6 is 23.2 Å². The molecule has 0 spiro atoms. The van der Waals surface area contributed by atoms with Gasteiger partial charge < -0.3 is 10.1 Å². The molecule has 0 amide bonds. The van der Waals surface area contributed by atoms with E-state index in [2.05, 4.69) is 12.2 Å².